The Morgan fingerprint density at radius 3 is 2.53 bits per heavy atom. The maximum absolute atomic E-state index is 11.7. The fourth-order valence-corrected chi connectivity index (χ4v) is 1.54. The summed E-state index contributed by atoms with van der Waals surface area (Å²) in [5.41, 5.74) is 1.54. The second-order valence-electron chi connectivity index (χ2n) is 3.94. The number of aromatic nitrogens is 3. The van der Waals surface area contributed by atoms with Gasteiger partial charge >= 0.3 is 0 Å². The molecule has 0 fully saturated rings. The predicted octanol–water partition coefficient (Wildman–Crippen LogP) is 0.944. The number of aromatic amines is 1. The van der Waals surface area contributed by atoms with E-state index in [1.54, 1.807) is 24.3 Å². The third-order valence-electron chi connectivity index (χ3n) is 2.31. The molecule has 0 bridgehead atoms. The Labute approximate surface area is 109 Å². The van der Waals surface area contributed by atoms with Crippen molar-refractivity contribution in [2.24, 2.45) is 0 Å². The summed E-state index contributed by atoms with van der Waals surface area (Å²) >= 11 is 0. The lowest BCUT2D eigenvalue weighted by molar-refractivity contribution is -0.116. The van der Waals surface area contributed by atoms with Crippen molar-refractivity contribution in [3.63, 3.8) is 0 Å². The van der Waals surface area contributed by atoms with Crippen molar-refractivity contribution in [3.05, 3.63) is 36.2 Å². The maximum atomic E-state index is 11.7. The molecule has 1 aromatic carbocycles. The molecule has 2 amide bonds. The van der Waals surface area contributed by atoms with E-state index in [4.69, 9.17) is 0 Å². The summed E-state index contributed by atoms with van der Waals surface area (Å²) < 4.78 is 0. The van der Waals surface area contributed by atoms with Crippen molar-refractivity contribution in [2.45, 2.75) is 13.3 Å². The molecular formula is C12H13N5O2. The molecule has 0 aliphatic heterocycles. The minimum absolute atomic E-state index is 0.129. The number of H-pyrrole nitrogens is 1. The fourth-order valence-electron chi connectivity index (χ4n) is 1.54. The summed E-state index contributed by atoms with van der Waals surface area (Å²) in [6, 6.07) is 7.06. The normalized spacial score (nSPS) is 9.95. The van der Waals surface area contributed by atoms with Crippen molar-refractivity contribution < 1.29 is 9.59 Å². The third-order valence-corrected chi connectivity index (χ3v) is 2.31. The second-order valence-corrected chi connectivity index (χ2v) is 3.94. The molecule has 2 aromatic rings. The van der Waals surface area contributed by atoms with Gasteiger partial charge in [0.1, 0.15) is 6.33 Å². The van der Waals surface area contributed by atoms with Gasteiger partial charge in [-0.3, -0.25) is 14.9 Å². The lowest BCUT2D eigenvalue weighted by Crippen LogP contribution is -2.15. The molecule has 0 atom stereocenters. The summed E-state index contributed by atoms with van der Waals surface area (Å²) in [4.78, 5) is 26.3. The highest BCUT2D eigenvalue weighted by Gasteiger charge is 2.05. The van der Waals surface area contributed by atoms with Crippen LogP contribution in [0, 0.1) is 0 Å². The monoisotopic (exact) mass is 259 g/mol. The Bertz CT molecular complexity index is 562. The fraction of sp³-hybridized carbons (Fsp3) is 0.167. The first-order valence-corrected chi connectivity index (χ1v) is 5.65. The molecule has 0 spiro atoms. The molecule has 3 N–H and O–H groups in total. The van der Waals surface area contributed by atoms with Crippen LogP contribution >= 0.6 is 0 Å². The van der Waals surface area contributed by atoms with Gasteiger partial charge in [-0.25, -0.2) is 5.10 Å². The van der Waals surface area contributed by atoms with Gasteiger partial charge in [0.15, 0.2) is 0 Å². The topological polar surface area (TPSA) is 99.8 Å². The number of anilines is 2. The zero-order valence-corrected chi connectivity index (χ0v) is 10.3. The Morgan fingerprint density at radius 2 is 1.95 bits per heavy atom. The Kier molecular flexibility index (Phi) is 3.87. The van der Waals surface area contributed by atoms with Crippen LogP contribution in [-0.4, -0.2) is 27.0 Å². The van der Waals surface area contributed by atoms with Gasteiger partial charge in [0.25, 0.3) is 0 Å². The molecule has 19 heavy (non-hydrogen) atoms. The smallest absolute Gasteiger partial charge is 0.231 e. The van der Waals surface area contributed by atoms with Gasteiger partial charge in [-0.15, -0.1) is 0 Å². The van der Waals surface area contributed by atoms with Crippen molar-refractivity contribution in [1.82, 2.24) is 15.2 Å². The number of amides is 2. The van der Waals surface area contributed by atoms with Gasteiger partial charge in [0.2, 0.25) is 17.8 Å². The average Bonchev–Trinajstić information content (AvgIpc) is 2.83. The number of benzene rings is 1. The number of nitrogens with zero attached hydrogens (tertiary/aromatic N) is 2. The van der Waals surface area contributed by atoms with Crippen LogP contribution in [0.15, 0.2) is 30.6 Å². The van der Waals surface area contributed by atoms with Gasteiger partial charge < -0.3 is 5.32 Å². The molecule has 0 saturated heterocycles. The van der Waals surface area contributed by atoms with Crippen LogP contribution in [-0.2, 0) is 16.0 Å². The van der Waals surface area contributed by atoms with E-state index in [1.165, 1.54) is 13.3 Å². The van der Waals surface area contributed by atoms with Gasteiger partial charge in [0.05, 0.1) is 6.42 Å². The van der Waals surface area contributed by atoms with E-state index in [0.29, 0.717) is 11.6 Å². The summed E-state index contributed by atoms with van der Waals surface area (Å²) in [5.74, 6) is -0.000272. The SMILES string of the molecule is CC(=O)Nc1ccc(CC(=O)Nc2ncn[nH]2)cc1. The number of nitrogens with one attached hydrogen (secondary N) is 3. The van der Waals surface area contributed by atoms with E-state index in [0.717, 1.165) is 5.56 Å². The second kappa shape index (κ2) is 5.76. The van der Waals surface area contributed by atoms with Gasteiger partial charge in [0, 0.05) is 12.6 Å². The molecule has 2 rings (SSSR count). The van der Waals surface area contributed by atoms with Crippen molar-refractivity contribution >= 4 is 23.5 Å². The number of hydrogen-bond acceptors (Lipinski definition) is 4. The summed E-state index contributed by atoms with van der Waals surface area (Å²) in [5, 5.41) is 11.4. The molecule has 98 valence electrons. The molecule has 7 nitrogen and oxygen atoms in total. The highest BCUT2D eigenvalue weighted by atomic mass is 16.2. The van der Waals surface area contributed by atoms with Crippen LogP contribution < -0.4 is 10.6 Å². The molecule has 0 aliphatic carbocycles. The Balaban J connectivity index is 1.92. The van der Waals surface area contributed by atoms with Crippen LogP contribution in [0.1, 0.15) is 12.5 Å². The maximum Gasteiger partial charge on any atom is 0.231 e. The van der Waals surface area contributed by atoms with E-state index < -0.39 is 0 Å². The molecule has 0 aliphatic rings. The predicted molar refractivity (Wildman–Crippen MR) is 69.5 cm³/mol. The van der Waals surface area contributed by atoms with Crippen molar-refractivity contribution in [1.29, 1.82) is 0 Å². The van der Waals surface area contributed by atoms with E-state index in [2.05, 4.69) is 25.8 Å². The largest absolute Gasteiger partial charge is 0.326 e. The number of rotatable bonds is 4. The van der Waals surface area contributed by atoms with Crippen LogP contribution in [0.4, 0.5) is 11.6 Å². The molecule has 0 saturated carbocycles. The summed E-state index contributed by atoms with van der Waals surface area (Å²) in [7, 11) is 0. The molecule has 1 aromatic heterocycles. The van der Waals surface area contributed by atoms with Crippen LogP contribution in [0.2, 0.25) is 0 Å². The first kappa shape index (κ1) is 12.7. The molecule has 0 radical (unpaired) electrons. The number of hydrogen-bond donors (Lipinski definition) is 3. The first-order chi connectivity index (χ1) is 9.13. The minimum atomic E-state index is -0.191. The number of carbonyl (C=O) groups excluding carboxylic acids is 2. The molecule has 0 unspecified atom stereocenters. The van der Waals surface area contributed by atoms with Crippen LogP contribution in [0.3, 0.4) is 0 Å². The van der Waals surface area contributed by atoms with Crippen molar-refractivity contribution in [2.75, 3.05) is 10.6 Å². The third kappa shape index (κ3) is 3.91. The highest BCUT2D eigenvalue weighted by molar-refractivity contribution is 5.91. The zero-order chi connectivity index (χ0) is 13.7. The van der Waals surface area contributed by atoms with Crippen LogP contribution in [0.5, 0.6) is 0 Å². The van der Waals surface area contributed by atoms with E-state index in [9.17, 15) is 9.59 Å². The van der Waals surface area contributed by atoms with Crippen LogP contribution in [0.25, 0.3) is 0 Å². The zero-order valence-electron chi connectivity index (χ0n) is 10.3. The van der Waals surface area contributed by atoms with Gasteiger partial charge in [-0.2, -0.15) is 10.1 Å². The highest BCUT2D eigenvalue weighted by Crippen LogP contribution is 2.10. The molecule has 1 heterocycles. The van der Waals surface area contributed by atoms with E-state index in [1.807, 2.05) is 0 Å². The van der Waals surface area contributed by atoms with Gasteiger partial charge in [-0.05, 0) is 17.7 Å². The Hall–Kier alpha value is -2.70. The van der Waals surface area contributed by atoms with E-state index in [-0.39, 0.29) is 18.2 Å². The number of carbonyl (C=O) groups is 2. The summed E-state index contributed by atoms with van der Waals surface area (Å²) in [6.07, 6.45) is 1.54. The van der Waals surface area contributed by atoms with Crippen molar-refractivity contribution in [3.8, 4) is 0 Å². The molecule has 7 heteroatoms. The standard InChI is InChI=1S/C12H13N5O2/c1-8(18)15-10-4-2-9(3-5-10)6-11(19)16-12-13-7-14-17-12/h2-5,7H,6H2,1H3,(H,15,18)(H2,13,14,16,17,19). The minimum Gasteiger partial charge on any atom is -0.326 e. The quantitative estimate of drug-likeness (QED) is 0.760. The lowest BCUT2D eigenvalue weighted by atomic mass is 10.1. The Morgan fingerprint density at radius 1 is 1.21 bits per heavy atom. The molecular weight excluding hydrogens is 246 g/mol. The van der Waals surface area contributed by atoms with Gasteiger partial charge in [-0.1, -0.05) is 12.1 Å². The summed E-state index contributed by atoms with van der Waals surface area (Å²) in [6.45, 7) is 1.44. The lowest BCUT2D eigenvalue weighted by Gasteiger charge is -2.04. The first-order valence-electron chi connectivity index (χ1n) is 5.65. The van der Waals surface area contributed by atoms with E-state index >= 15 is 0 Å². The average molecular weight is 259 g/mol.